The monoisotopic (exact) mass is 824 g/mol. The van der Waals surface area contributed by atoms with Gasteiger partial charge < -0.3 is 0 Å². The zero-order chi connectivity index (χ0) is 42.2. The van der Waals surface area contributed by atoms with Gasteiger partial charge in [-0.05, 0) is 101 Å². The minimum atomic E-state index is -0.0668. The predicted molar refractivity (Wildman–Crippen MR) is 255 cm³/mol. The van der Waals surface area contributed by atoms with E-state index >= 15 is 0 Å². The number of aromatic nitrogens is 6. The van der Waals surface area contributed by atoms with Gasteiger partial charge in [0.2, 0.25) is 0 Å². The Hall–Kier alpha value is -7.44. The van der Waals surface area contributed by atoms with Crippen LogP contribution < -0.4 is 0 Å². The van der Waals surface area contributed by atoms with Gasteiger partial charge in [-0.3, -0.25) is 0 Å². The summed E-state index contributed by atoms with van der Waals surface area (Å²) in [5.41, 5.74) is 13.8. The summed E-state index contributed by atoms with van der Waals surface area (Å²) in [7, 11) is 0. The Morgan fingerprint density at radius 1 is 0.297 bits per heavy atom. The predicted octanol–water partition coefficient (Wildman–Crippen LogP) is 13.4. The van der Waals surface area contributed by atoms with Crippen LogP contribution in [0.4, 0.5) is 0 Å². The summed E-state index contributed by atoms with van der Waals surface area (Å²) >= 11 is 0. The number of hydrogen-bond donors (Lipinski definition) is 0. The molecule has 14 rings (SSSR count). The molecule has 1 spiro atoms. The third kappa shape index (κ3) is 6.00. The fourth-order valence-corrected chi connectivity index (χ4v) is 12.3. The molecule has 6 nitrogen and oxygen atoms in total. The van der Waals surface area contributed by atoms with Crippen LogP contribution >= 0.6 is 0 Å². The van der Waals surface area contributed by atoms with E-state index in [0.717, 1.165) is 56.6 Å². The van der Waals surface area contributed by atoms with Crippen LogP contribution in [0.5, 0.6) is 0 Å². The quantitative estimate of drug-likeness (QED) is 0.159. The summed E-state index contributed by atoms with van der Waals surface area (Å²) in [5, 5.41) is 0. The van der Waals surface area contributed by atoms with Gasteiger partial charge in [0.1, 0.15) is 0 Å². The van der Waals surface area contributed by atoms with Gasteiger partial charge in [-0.25, -0.2) is 29.9 Å². The summed E-state index contributed by atoms with van der Waals surface area (Å²) < 4.78 is 0. The molecule has 7 aromatic carbocycles. The second-order valence-corrected chi connectivity index (χ2v) is 18.3. The van der Waals surface area contributed by atoms with Gasteiger partial charge in [0.05, 0.1) is 0 Å². The molecule has 0 unspecified atom stereocenters. The van der Waals surface area contributed by atoms with Gasteiger partial charge in [-0.2, -0.15) is 0 Å². The van der Waals surface area contributed by atoms with Gasteiger partial charge in [0, 0.05) is 38.8 Å². The highest BCUT2D eigenvalue weighted by Gasteiger charge is 2.62. The van der Waals surface area contributed by atoms with E-state index in [9.17, 15) is 0 Å². The zero-order valence-corrected chi connectivity index (χ0v) is 35.3. The van der Waals surface area contributed by atoms with E-state index in [1.54, 1.807) is 0 Å². The van der Waals surface area contributed by atoms with Crippen molar-refractivity contribution in [3.8, 4) is 90.6 Å². The fourth-order valence-electron chi connectivity index (χ4n) is 12.3. The molecule has 5 aliphatic carbocycles. The summed E-state index contributed by atoms with van der Waals surface area (Å²) in [6.45, 7) is 0. The molecule has 0 N–H and O–H groups in total. The van der Waals surface area contributed by atoms with Crippen molar-refractivity contribution >= 4 is 0 Å². The molecule has 6 heteroatoms. The molecule has 4 bridgehead atoms. The first-order valence-corrected chi connectivity index (χ1v) is 22.8. The first-order valence-electron chi connectivity index (χ1n) is 22.8. The molecule has 0 radical (unpaired) electrons. The van der Waals surface area contributed by atoms with E-state index in [4.69, 9.17) is 29.9 Å². The Labute approximate surface area is 373 Å². The van der Waals surface area contributed by atoms with Crippen LogP contribution in [-0.2, 0) is 5.41 Å². The van der Waals surface area contributed by atoms with Crippen LogP contribution in [0.25, 0.3) is 90.6 Å². The zero-order valence-electron chi connectivity index (χ0n) is 35.3. The molecule has 0 amide bonds. The molecule has 9 aromatic rings. The number of nitrogens with zero attached hydrogens (tertiary/aromatic N) is 6. The smallest absolute Gasteiger partial charge is 0.164 e. The average molecular weight is 825 g/mol. The third-order valence-corrected chi connectivity index (χ3v) is 14.8. The maximum absolute atomic E-state index is 5.29. The van der Waals surface area contributed by atoms with Gasteiger partial charge in [0.25, 0.3) is 0 Å². The minimum Gasteiger partial charge on any atom is -0.208 e. The van der Waals surface area contributed by atoms with Gasteiger partial charge in [-0.15, -0.1) is 0 Å². The number of benzene rings is 7. The first-order chi connectivity index (χ1) is 31.7. The van der Waals surface area contributed by atoms with Crippen molar-refractivity contribution in [3.63, 3.8) is 0 Å². The Bertz CT molecular complexity index is 3080. The Kier molecular flexibility index (Phi) is 8.61. The minimum absolute atomic E-state index is 0.0668. The summed E-state index contributed by atoms with van der Waals surface area (Å²) in [5.74, 6) is 6.92. The van der Waals surface area contributed by atoms with Crippen molar-refractivity contribution in [2.24, 2.45) is 23.7 Å². The highest BCUT2D eigenvalue weighted by Crippen LogP contribution is 2.70. The Morgan fingerprint density at radius 3 is 1.20 bits per heavy atom. The van der Waals surface area contributed by atoms with Crippen molar-refractivity contribution < 1.29 is 0 Å². The topological polar surface area (TPSA) is 77.3 Å². The molecular formula is C58H44N6. The molecule has 0 saturated heterocycles. The van der Waals surface area contributed by atoms with Crippen LogP contribution in [0.1, 0.15) is 43.2 Å². The third-order valence-electron chi connectivity index (χ3n) is 14.8. The average Bonchev–Trinajstić information content (AvgIpc) is 3.66. The van der Waals surface area contributed by atoms with Crippen LogP contribution in [-0.4, -0.2) is 29.9 Å². The lowest BCUT2D eigenvalue weighted by Crippen LogP contribution is -2.55. The van der Waals surface area contributed by atoms with E-state index < -0.39 is 0 Å². The molecule has 306 valence electrons. The van der Waals surface area contributed by atoms with Crippen molar-refractivity contribution in [2.45, 2.75) is 37.5 Å². The lowest BCUT2D eigenvalue weighted by Gasteiger charge is -2.61. The van der Waals surface area contributed by atoms with Gasteiger partial charge >= 0.3 is 0 Å². The molecule has 0 aliphatic heterocycles. The molecular weight excluding hydrogens is 781 g/mol. The molecule has 64 heavy (non-hydrogen) atoms. The maximum Gasteiger partial charge on any atom is 0.164 e. The summed E-state index contributed by atoms with van der Waals surface area (Å²) in [6.07, 6.45) is 6.59. The van der Waals surface area contributed by atoms with Crippen molar-refractivity contribution in [3.05, 3.63) is 193 Å². The van der Waals surface area contributed by atoms with E-state index in [-0.39, 0.29) is 5.41 Å². The lowest BCUT2D eigenvalue weighted by molar-refractivity contribution is -0.0399. The van der Waals surface area contributed by atoms with Crippen molar-refractivity contribution in [2.75, 3.05) is 0 Å². The Morgan fingerprint density at radius 2 is 0.703 bits per heavy atom. The number of rotatable bonds is 7. The van der Waals surface area contributed by atoms with Crippen LogP contribution in [0.3, 0.4) is 0 Å². The van der Waals surface area contributed by atoms with E-state index in [0.29, 0.717) is 41.0 Å². The largest absolute Gasteiger partial charge is 0.208 e. The molecule has 5 aliphatic rings. The van der Waals surface area contributed by atoms with Crippen LogP contribution in [0, 0.1) is 23.7 Å². The second kappa shape index (κ2) is 14.8. The standard InChI is InChI=1S/C58H44N6/c1-5-15-38(16-6-1)52-59-53(39-17-7-2-8-18-39)62-56(61-52)44-24-13-23-42(34-44)43-27-28-47-50(35-43)58(45-30-36-29-37(32-45)33-46(58)31-36)49-26-14-25-48(51(47)49)57-63-54(40-19-9-3-10-20-40)60-55(64-57)41-21-11-4-12-22-41/h1-28,34-37,45-46H,29-33H2. The van der Waals surface area contributed by atoms with E-state index in [1.165, 1.54) is 59.9 Å². The highest BCUT2D eigenvalue weighted by atomic mass is 15.0. The summed E-state index contributed by atoms with van der Waals surface area (Å²) in [4.78, 5) is 30.8. The van der Waals surface area contributed by atoms with Crippen LogP contribution in [0.2, 0.25) is 0 Å². The second-order valence-electron chi connectivity index (χ2n) is 18.3. The van der Waals surface area contributed by atoms with Crippen molar-refractivity contribution in [1.82, 2.24) is 29.9 Å². The Balaban J connectivity index is 0.979. The van der Waals surface area contributed by atoms with E-state index in [2.05, 4.69) is 133 Å². The maximum atomic E-state index is 5.29. The van der Waals surface area contributed by atoms with Gasteiger partial charge in [0.15, 0.2) is 34.9 Å². The first kappa shape index (κ1) is 37.1. The molecule has 0 atom stereocenters. The lowest BCUT2D eigenvalue weighted by atomic mass is 9.43. The SMILES string of the molecule is c1ccc(-c2nc(-c3ccccc3)nc(-c3cccc(-c4ccc5c(c4)C4(c6cccc(-c7nc(-c8ccccc8)nc(-c8ccccc8)n7)c6-5)C5CC6CC(C5)CC4C6)c3)n2)cc1. The van der Waals surface area contributed by atoms with Crippen molar-refractivity contribution in [1.29, 1.82) is 0 Å². The summed E-state index contributed by atoms with van der Waals surface area (Å²) in [6, 6.07) is 64.0. The highest BCUT2D eigenvalue weighted by molar-refractivity contribution is 5.93. The number of hydrogen-bond acceptors (Lipinski definition) is 6. The fraction of sp³-hybridized carbons (Fsp3) is 0.172. The van der Waals surface area contributed by atoms with Gasteiger partial charge in [-0.1, -0.05) is 170 Å². The molecule has 4 saturated carbocycles. The van der Waals surface area contributed by atoms with E-state index in [1.807, 2.05) is 48.5 Å². The molecule has 2 aromatic heterocycles. The normalized spacial score (nSPS) is 21.2. The molecule has 4 fully saturated rings. The molecule has 2 heterocycles. The van der Waals surface area contributed by atoms with Crippen LogP contribution in [0.15, 0.2) is 182 Å². The number of fused-ring (bicyclic) bond motifs is 3.